The van der Waals surface area contributed by atoms with Crippen molar-refractivity contribution in [2.45, 2.75) is 6.04 Å². The molecule has 4 rings (SSSR count). The van der Waals surface area contributed by atoms with Crippen molar-refractivity contribution in [3.05, 3.63) is 75.5 Å². The zero-order valence-electron chi connectivity index (χ0n) is 16.1. The topological polar surface area (TPSA) is 124 Å². The lowest BCUT2D eigenvalue weighted by atomic mass is 10.1. The van der Waals surface area contributed by atoms with Gasteiger partial charge >= 0.3 is 0 Å². The zero-order valence-corrected chi connectivity index (χ0v) is 16.9. The van der Waals surface area contributed by atoms with E-state index in [-0.39, 0.29) is 11.0 Å². The quantitative estimate of drug-likeness (QED) is 0.464. The number of anilines is 2. The number of aryl methyl sites for hydroxylation is 1. The number of aliphatic hydroxyl groups is 1. The molecule has 12 heteroatoms. The number of benzene rings is 1. The van der Waals surface area contributed by atoms with Gasteiger partial charge in [0.1, 0.15) is 5.82 Å². The number of hydrogen-bond acceptors (Lipinski definition) is 8. The van der Waals surface area contributed by atoms with E-state index in [0.717, 1.165) is 0 Å². The lowest BCUT2D eigenvalue weighted by Gasteiger charge is -2.18. The van der Waals surface area contributed by atoms with Crippen LogP contribution in [0.25, 0.3) is 11.3 Å². The molecule has 1 atom stereocenters. The van der Waals surface area contributed by atoms with Crippen LogP contribution in [0, 0.1) is 5.82 Å². The molecule has 3 heterocycles. The largest absolute Gasteiger partial charge is 0.394 e. The Hall–Kier alpha value is -3.70. The van der Waals surface area contributed by atoms with Gasteiger partial charge in [0.15, 0.2) is 0 Å². The van der Waals surface area contributed by atoms with E-state index in [4.69, 9.17) is 11.6 Å². The van der Waals surface area contributed by atoms with Gasteiger partial charge in [-0.15, -0.1) is 0 Å². The number of aromatic nitrogens is 7. The zero-order chi connectivity index (χ0) is 22.0. The Balaban J connectivity index is 1.64. The number of halogens is 2. The summed E-state index contributed by atoms with van der Waals surface area (Å²) in [5.41, 5.74) is 1.07. The van der Waals surface area contributed by atoms with Crippen molar-refractivity contribution in [2.24, 2.45) is 7.05 Å². The van der Waals surface area contributed by atoms with Crippen LogP contribution in [-0.2, 0) is 7.05 Å². The summed E-state index contributed by atoms with van der Waals surface area (Å²) in [7, 11) is 1.66. The number of rotatable bonds is 6. The molecule has 0 fully saturated rings. The summed E-state index contributed by atoms with van der Waals surface area (Å²) in [6.07, 6.45) is 3.06. The summed E-state index contributed by atoms with van der Waals surface area (Å²) in [4.78, 5) is 21.3. The summed E-state index contributed by atoms with van der Waals surface area (Å²) in [6.45, 7) is -0.395. The third-order valence-electron chi connectivity index (χ3n) is 4.58. The standard InChI is InChI=1S/C19H16ClFN8O2/c1-28-19(25-26-27-28)24-18-22-6-4-15(23-18)11-5-7-29(17(31)9-11)16(10-30)12-2-3-13(20)14(21)8-12/h2-9,16,30H,10H2,1H3,(H,22,23,24,25,27). The number of nitrogens with one attached hydrogen (secondary N) is 1. The summed E-state index contributed by atoms with van der Waals surface area (Å²) in [5, 5.41) is 23.7. The van der Waals surface area contributed by atoms with Crippen molar-refractivity contribution in [1.29, 1.82) is 0 Å². The molecule has 1 unspecified atom stereocenters. The predicted molar refractivity (Wildman–Crippen MR) is 110 cm³/mol. The molecule has 158 valence electrons. The van der Waals surface area contributed by atoms with Gasteiger partial charge in [-0.25, -0.2) is 19.0 Å². The molecule has 0 spiro atoms. The first-order chi connectivity index (χ1) is 15.0. The minimum Gasteiger partial charge on any atom is -0.394 e. The summed E-state index contributed by atoms with van der Waals surface area (Å²) in [5.74, 6) is -0.0144. The van der Waals surface area contributed by atoms with Crippen LogP contribution in [-0.4, -0.2) is 46.5 Å². The fraction of sp³-hybridized carbons (Fsp3) is 0.158. The average molecular weight is 443 g/mol. The number of pyridine rings is 1. The molecule has 0 aliphatic carbocycles. The van der Waals surface area contributed by atoms with E-state index in [0.29, 0.717) is 22.8 Å². The highest BCUT2D eigenvalue weighted by Gasteiger charge is 2.17. The van der Waals surface area contributed by atoms with Crippen LogP contribution >= 0.6 is 11.6 Å². The summed E-state index contributed by atoms with van der Waals surface area (Å²) < 4.78 is 16.6. The average Bonchev–Trinajstić information content (AvgIpc) is 3.16. The highest BCUT2D eigenvalue weighted by molar-refractivity contribution is 6.30. The molecule has 0 radical (unpaired) electrons. The highest BCUT2D eigenvalue weighted by Crippen LogP contribution is 2.23. The van der Waals surface area contributed by atoms with Crippen LogP contribution in [0.15, 0.2) is 53.6 Å². The molecule has 2 N–H and O–H groups in total. The van der Waals surface area contributed by atoms with E-state index in [2.05, 4.69) is 30.8 Å². The molecule has 10 nitrogen and oxygen atoms in total. The number of aliphatic hydroxyl groups excluding tert-OH is 1. The van der Waals surface area contributed by atoms with Crippen LogP contribution in [0.2, 0.25) is 5.02 Å². The highest BCUT2D eigenvalue weighted by atomic mass is 35.5. The smallest absolute Gasteiger partial charge is 0.251 e. The Bertz CT molecular complexity index is 1290. The van der Waals surface area contributed by atoms with Gasteiger partial charge in [-0.3, -0.25) is 10.1 Å². The van der Waals surface area contributed by atoms with Crippen LogP contribution in [0.5, 0.6) is 0 Å². The molecule has 0 aliphatic rings. The van der Waals surface area contributed by atoms with Crippen molar-refractivity contribution in [3.63, 3.8) is 0 Å². The first kappa shape index (κ1) is 20.6. The van der Waals surface area contributed by atoms with Gasteiger partial charge in [-0.1, -0.05) is 22.8 Å². The van der Waals surface area contributed by atoms with Gasteiger partial charge < -0.3 is 9.67 Å². The predicted octanol–water partition coefficient (Wildman–Crippen LogP) is 1.95. The van der Waals surface area contributed by atoms with Gasteiger partial charge in [-0.05, 0) is 40.3 Å². The maximum atomic E-state index is 13.8. The second-order valence-corrected chi connectivity index (χ2v) is 6.96. The van der Waals surface area contributed by atoms with E-state index < -0.39 is 24.0 Å². The molecular formula is C19H16ClFN8O2. The second-order valence-electron chi connectivity index (χ2n) is 6.55. The van der Waals surface area contributed by atoms with Gasteiger partial charge in [0.25, 0.3) is 5.56 Å². The summed E-state index contributed by atoms with van der Waals surface area (Å²) >= 11 is 5.72. The first-order valence-corrected chi connectivity index (χ1v) is 9.45. The SMILES string of the molecule is Cn1nnnc1Nc1nccc(-c2ccn(C(CO)c3ccc(Cl)c(F)c3)c(=O)c2)n1. The van der Waals surface area contributed by atoms with Gasteiger partial charge in [0, 0.05) is 31.1 Å². The monoisotopic (exact) mass is 442 g/mol. The van der Waals surface area contributed by atoms with E-state index in [1.165, 1.54) is 39.8 Å². The molecule has 4 aromatic rings. The van der Waals surface area contributed by atoms with Gasteiger partial charge in [-0.2, -0.15) is 0 Å². The maximum absolute atomic E-state index is 13.8. The van der Waals surface area contributed by atoms with Crippen LogP contribution in [0.3, 0.4) is 0 Å². The van der Waals surface area contributed by atoms with Crippen LogP contribution in [0.4, 0.5) is 16.3 Å². The van der Waals surface area contributed by atoms with E-state index in [1.807, 2.05) is 0 Å². The van der Waals surface area contributed by atoms with E-state index in [1.54, 1.807) is 25.2 Å². The second kappa shape index (κ2) is 8.58. The number of tetrazole rings is 1. The summed E-state index contributed by atoms with van der Waals surface area (Å²) in [6, 6.07) is 8.09. The fourth-order valence-corrected chi connectivity index (χ4v) is 3.11. The molecular weight excluding hydrogens is 427 g/mol. The Morgan fingerprint density at radius 2 is 2.10 bits per heavy atom. The maximum Gasteiger partial charge on any atom is 0.251 e. The van der Waals surface area contributed by atoms with Crippen LogP contribution < -0.4 is 10.9 Å². The Morgan fingerprint density at radius 3 is 2.77 bits per heavy atom. The first-order valence-electron chi connectivity index (χ1n) is 9.07. The fourth-order valence-electron chi connectivity index (χ4n) is 3.00. The van der Waals surface area contributed by atoms with Gasteiger partial charge in [0.2, 0.25) is 11.9 Å². The lowest BCUT2D eigenvalue weighted by molar-refractivity contribution is 0.247. The molecule has 3 aromatic heterocycles. The molecule has 0 bridgehead atoms. The van der Waals surface area contributed by atoms with Crippen molar-refractivity contribution in [1.82, 2.24) is 34.7 Å². The van der Waals surface area contributed by atoms with E-state index >= 15 is 0 Å². The molecule has 0 aliphatic heterocycles. The number of nitrogens with zero attached hydrogens (tertiary/aromatic N) is 7. The molecule has 0 saturated heterocycles. The molecule has 1 aromatic carbocycles. The van der Waals surface area contributed by atoms with Crippen LogP contribution in [0.1, 0.15) is 11.6 Å². The Labute approximate surface area is 180 Å². The van der Waals surface area contributed by atoms with Crippen molar-refractivity contribution >= 4 is 23.5 Å². The minimum absolute atomic E-state index is 0.0339. The van der Waals surface area contributed by atoms with Gasteiger partial charge in [0.05, 0.1) is 23.4 Å². The van der Waals surface area contributed by atoms with Crippen molar-refractivity contribution in [2.75, 3.05) is 11.9 Å². The van der Waals surface area contributed by atoms with Crippen molar-refractivity contribution in [3.8, 4) is 11.3 Å². The van der Waals surface area contributed by atoms with E-state index in [9.17, 15) is 14.3 Å². The number of hydrogen-bond donors (Lipinski definition) is 2. The third-order valence-corrected chi connectivity index (χ3v) is 4.89. The Kier molecular flexibility index (Phi) is 5.69. The van der Waals surface area contributed by atoms with Crippen molar-refractivity contribution < 1.29 is 9.50 Å². The lowest BCUT2D eigenvalue weighted by Crippen LogP contribution is -2.27. The molecule has 31 heavy (non-hydrogen) atoms. The molecule has 0 amide bonds. The Morgan fingerprint density at radius 1 is 1.26 bits per heavy atom. The minimum atomic E-state index is -0.764. The molecule has 0 saturated carbocycles. The normalized spacial score (nSPS) is 12.0. The third kappa shape index (κ3) is 4.27.